The molecule has 140 valence electrons. The van der Waals surface area contributed by atoms with Crippen LogP contribution < -0.4 is 14.2 Å². The largest absolute Gasteiger partial charge is 0.496 e. The van der Waals surface area contributed by atoms with Crippen molar-refractivity contribution in [2.24, 2.45) is 4.99 Å². The summed E-state index contributed by atoms with van der Waals surface area (Å²) in [7, 11) is 4.75. The van der Waals surface area contributed by atoms with E-state index < -0.39 is 0 Å². The lowest BCUT2D eigenvalue weighted by atomic mass is 10.1. The standard InChI is InChI=1S/C19H24N2O4S/c1-23-14-12-16(25-3)15(24-2)10-13(14)11-17-18(22)20-19(26-17)21-8-6-4-5-7-9-21/h10-12H,4-9H2,1-3H3. The first-order valence-electron chi connectivity index (χ1n) is 8.73. The van der Waals surface area contributed by atoms with Crippen molar-refractivity contribution in [3.63, 3.8) is 0 Å². The number of benzene rings is 1. The predicted molar refractivity (Wildman–Crippen MR) is 104 cm³/mol. The minimum absolute atomic E-state index is 0.203. The number of nitrogens with zero attached hydrogens (tertiary/aromatic N) is 2. The normalized spacial score (nSPS) is 19.3. The summed E-state index contributed by atoms with van der Waals surface area (Å²) in [5, 5.41) is 0.808. The smallest absolute Gasteiger partial charge is 0.286 e. The number of carbonyl (C=O) groups is 1. The van der Waals surface area contributed by atoms with Crippen LogP contribution in [0, 0.1) is 0 Å². The third-order valence-electron chi connectivity index (χ3n) is 4.51. The molecule has 0 aliphatic carbocycles. The minimum Gasteiger partial charge on any atom is -0.496 e. The van der Waals surface area contributed by atoms with Crippen LogP contribution in [0.25, 0.3) is 6.08 Å². The molecule has 26 heavy (non-hydrogen) atoms. The molecule has 0 atom stereocenters. The molecule has 3 rings (SSSR count). The van der Waals surface area contributed by atoms with Crippen molar-refractivity contribution < 1.29 is 19.0 Å². The van der Waals surface area contributed by atoms with Crippen LogP contribution in [0.15, 0.2) is 22.0 Å². The van der Waals surface area contributed by atoms with Gasteiger partial charge in [0.05, 0.1) is 26.2 Å². The second-order valence-electron chi connectivity index (χ2n) is 6.16. The van der Waals surface area contributed by atoms with E-state index in [-0.39, 0.29) is 5.91 Å². The third-order valence-corrected chi connectivity index (χ3v) is 5.55. The highest BCUT2D eigenvalue weighted by Crippen LogP contribution is 2.38. The molecule has 1 aromatic carbocycles. The molecule has 1 fully saturated rings. The van der Waals surface area contributed by atoms with E-state index >= 15 is 0 Å². The van der Waals surface area contributed by atoms with E-state index in [4.69, 9.17) is 14.2 Å². The molecule has 1 aromatic rings. The van der Waals surface area contributed by atoms with Crippen LogP contribution in [0.5, 0.6) is 17.2 Å². The monoisotopic (exact) mass is 376 g/mol. The Labute approximate surface area is 158 Å². The number of aliphatic imine (C=N–C) groups is 1. The molecule has 0 spiro atoms. The molecule has 0 aromatic heterocycles. The molecule has 1 amide bonds. The lowest BCUT2D eigenvalue weighted by Crippen LogP contribution is -2.28. The summed E-state index contributed by atoms with van der Waals surface area (Å²) in [6.07, 6.45) is 6.59. The van der Waals surface area contributed by atoms with E-state index in [1.807, 2.05) is 12.1 Å². The maximum absolute atomic E-state index is 12.4. The highest BCUT2D eigenvalue weighted by atomic mass is 32.2. The average molecular weight is 376 g/mol. The second-order valence-corrected chi connectivity index (χ2v) is 7.17. The van der Waals surface area contributed by atoms with Gasteiger partial charge in [0.15, 0.2) is 16.7 Å². The van der Waals surface area contributed by atoms with Gasteiger partial charge in [-0.15, -0.1) is 0 Å². The van der Waals surface area contributed by atoms with E-state index in [1.165, 1.54) is 24.6 Å². The number of likely N-dealkylation sites (tertiary alicyclic amines) is 1. The Hall–Kier alpha value is -2.15. The fourth-order valence-corrected chi connectivity index (χ4v) is 4.06. The Bertz CT molecular complexity index is 737. The van der Waals surface area contributed by atoms with Crippen molar-refractivity contribution >= 4 is 28.9 Å². The van der Waals surface area contributed by atoms with Crippen LogP contribution in [-0.2, 0) is 4.79 Å². The minimum atomic E-state index is -0.203. The molecular weight excluding hydrogens is 352 g/mol. The number of thioether (sulfide) groups is 1. The molecule has 0 radical (unpaired) electrons. The van der Waals surface area contributed by atoms with Gasteiger partial charge in [0, 0.05) is 24.7 Å². The van der Waals surface area contributed by atoms with E-state index in [0.717, 1.165) is 36.7 Å². The zero-order valence-electron chi connectivity index (χ0n) is 15.4. The number of amidine groups is 1. The first kappa shape index (κ1) is 18.6. The molecule has 2 aliphatic heterocycles. The van der Waals surface area contributed by atoms with Crippen molar-refractivity contribution in [1.29, 1.82) is 0 Å². The Morgan fingerprint density at radius 3 is 2.19 bits per heavy atom. The fourth-order valence-electron chi connectivity index (χ4n) is 3.10. The third kappa shape index (κ3) is 3.98. The van der Waals surface area contributed by atoms with E-state index in [1.54, 1.807) is 27.4 Å². The lowest BCUT2D eigenvalue weighted by Gasteiger charge is -2.20. The molecule has 0 N–H and O–H groups in total. The van der Waals surface area contributed by atoms with E-state index in [0.29, 0.717) is 22.2 Å². The van der Waals surface area contributed by atoms with Gasteiger partial charge in [-0.05, 0) is 36.7 Å². The summed E-state index contributed by atoms with van der Waals surface area (Å²) in [6, 6.07) is 3.56. The first-order chi connectivity index (χ1) is 12.7. The summed E-state index contributed by atoms with van der Waals surface area (Å²) in [5.41, 5.74) is 0.758. The van der Waals surface area contributed by atoms with Crippen molar-refractivity contribution in [2.75, 3.05) is 34.4 Å². The maximum Gasteiger partial charge on any atom is 0.286 e. The topological polar surface area (TPSA) is 60.4 Å². The number of rotatable bonds is 4. The van der Waals surface area contributed by atoms with Crippen molar-refractivity contribution in [3.8, 4) is 17.2 Å². The molecule has 0 unspecified atom stereocenters. The van der Waals surface area contributed by atoms with Gasteiger partial charge in [-0.25, -0.2) is 0 Å². The molecule has 2 heterocycles. The van der Waals surface area contributed by atoms with Crippen LogP contribution >= 0.6 is 11.8 Å². The zero-order chi connectivity index (χ0) is 18.5. The maximum atomic E-state index is 12.4. The Morgan fingerprint density at radius 1 is 0.962 bits per heavy atom. The van der Waals surface area contributed by atoms with Gasteiger partial charge in [-0.3, -0.25) is 4.79 Å². The quantitative estimate of drug-likeness (QED) is 0.749. The summed E-state index contributed by atoms with van der Waals surface area (Å²) in [5.74, 6) is 1.58. The highest BCUT2D eigenvalue weighted by Gasteiger charge is 2.27. The molecular formula is C19H24N2O4S. The average Bonchev–Trinajstić information content (AvgIpc) is 2.87. The number of hydrogen-bond acceptors (Lipinski definition) is 6. The van der Waals surface area contributed by atoms with Crippen molar-refractivity contribution in [3.05, 3.63) is 22.6 Å². The molecule has 2 aliphatic rings. The van der Waals surface area contributed by atoms with Gasteiger partial charge in [0.25, 0.3) is 5.91 Å². The second kappa shape index (κ2) is 8.49. The van der Waals surface area contributed by atoms with Crippen LogP contribution in [-0.4, -0.2) is 50.4 Å². The summed E-state index contributed by atoms with van der Waals surface area (Å²) < 4.78 is 16.1. The van der Waals surface area contributed by atoms with Crippen LogP contribution in [0.1, 0.15) is 31.2 Å². The zero-order valence-corrected chi connectivity index (χ0v) is 16.2. The molecule has 7 heteroatoms. The summed E-state index contributed by atoms with van der Waals surface area (Å²) in [6.45, 7) is 1.93. The van der Waals surface area contributed by atoms with Gasteiger partial charge in [0.2, 0.25) is 0 Å². The van der Waals surface area contributed by atoms with Crippen LogP contribution in [0.2, 0.25) is 0 Å². The molecule has 1 saturated heterocycles. The first-order valence-corrected chi connectivity index (χ1v) is 9.55. The number of ether oxygens (including phenoxy) is 3. The van der Waals surface area contributed by atoms with E-state index in [2.05, 4.69) is 9.89 Å². The summed E-state index contributed by atoms with van der Waals surface area (Å²) >= 11 is 1.43. The van der Waals surface area contributed by atoms with Gasteiger partial charge >= 0.3 is 0 Å². The predicted octanol–water partition coefficient (Wildman–Crippen LogP) is 3.56. The number of carbonyl (C=O) groups excluding carboxylic acids is 1. The molecule has 0 saturated carbocycles. The Kier molecular flexibility index (Phi) is 6.08. The number of methoxy groups -OCH3 is 3. The highest BCUT2D eigenvalue weighted by molar-refractivity contribution is 8.18. The summed E-state index contributed by atoms with van der Waals surface area (Å²) in [4.78, 5) is 19.5. The molecule has 6 nitrogen and oxygen atoms in total. The van der Waals surface area contributed by atoms with Crippen molar-refractivity contribution in [2.45, 2.75) is 25.7 Å². The van der Waals surface area contributed by atoms with E-state index in [9.17, 15) is 4.79 Å². The van der Waals surface area contributed by atoms with Crippen LogP contribution in [0.4, 0.5) is 0 Å². The number of amides is 1. The SMILES string of the molecule is COc1cc(OC)c(OC)cc1C=C1SC(N2CCCCCC2)=NC1=O. The Morgan fingerprint density at radius 2 is 1.58 bits per heavy atom. The van der Waals surface area contributed by atoms with Gasteiger partial charge < -0.3 is 19.1 Å². The Balaban J connectivity index is 1.85. The fraction of sp³-hybridized carbons (Fsp3) is 0.474. The van der Waals surface area contributed by atoms with Crippen molar-refractivity contribution in [1.82, 2.24) is 4.90 Å². The van der Waals surface area contributed by atoms with Gasteiger partial charge in [-0.2, -0.15) is 4.99 Å². The molecule has 0 bridgehead atoms. The van der Waals surface area contributed by atoms with Gasteiger partial charge in [0.1, 0.15) is 5.75 Å². The van der Waals surface area contributed by atoms with Crippen LogP contribution in [0.3, 0.4) is 0 Å². The van der Waals surface area contributed by atoms with Gasteiger partial charge in [-0.1, -0.05) is 12.8 Å². The number of hydrogen-bond donors (Lipinski definition) is 0. The lowest BCUT2D eigenvalue weighted by molar-refractivity contribution is -0.113.